The van der Waals surface area contributed by atoms with E-state index in [-0.39, 0.29) is 52.2 Å². The van der Waals surface area contributed by atoms with E-state index >= 15 is 0 Å². The number of carbonyl (C=O) groups excluding carboxylic acids is 2. The molecule has 232 valence electrons. The largest absolute Gasteiger partial charge is 0.431 e. The Morgan fingerprint density at radius 1 is 1.00 bits per heavy atom. The van der Waals surface area contributed by atoms with E-state index in [0.717, 1.165) is 50.6 Å². The standard InChI is InChI=1S/C32H48N4O6/c1-29-10-6-22(34-28(39)33-14-15-36-17-16-35(3)19-26(36)37)18-31(29,40)12-8-25-24(29)7-11-30(2)23(9-13-32(25,30)41)21-4-5-27(38)42-20-21/h4-5,20,22-25,40-41H,6-19H2,1-3H3,(H2,33,34,39)/t22-,23+,24-,25+,29+,30+,31-,32-/m0/s1. The topological polar surface area (TPSA) is 135 Å². The fourth-order valence-corrected chi connectivity index (χ4v) is 10.1. The molecule has 0 radical (unpaired) electrons. The van der Waals surface area contributed by atoms with Gasteiger partial charge in [-0.05, 0) is 99.6 Å². The van der Waals surface area contributed by atoms with Gasteiger partial charge in [0.15, 0.2) is 0 Å². The van der Waals surface area contributed by atoms with Gasteiger partial charge in [-0.3, -0.25) is 9.69 Å². The molecule has 10 nitrogen and oxygen atoms in total. The maximum atomic E-state index is 12.8. The van der Waals surface area contributed by atoms with Crippen molar-refractivity contribution in [2.45, 2.75) is 94.8 Å². The Kier molecular flexibility index (Phi) is 7.50. The number of hydrogen-bond acceptors (Lipinski definition) is 7. The van der Waals surface area contributed by atoms with Gasteiger partial charge < -0.3 is 30.2 Å². The van der Waals surface area contributed by atoms with Gasteiger partial charge in [0.1, 0.15) is 0 Å². The van der Waals surface area contributed by atoms with E-state index in [0.29, 0.717) is 45.4 Å². The Bertz CT molecular complexity index is 1250. The van der Waals surface area contributed by atoms with Crippen LogP contribution in [0.15, 0.2) is 27.6 Å². The Labute approximate surface area is 248 Å². The summed E-state index contributed by atoms with van der Waals surface area (Å²) in [5.41, 5.74) is -1.75. The highest BCUT2D eigenvalue weighted by atomic mass is 16.4. The van der Waals surface area contributed by atoms with Crippen LogP contribution in [0.1, 0.15) is 83.1 Å². The van der Waals surface area contributed by atoms with Crippen molar-refractivity contribution in [3.8, 4) is 0 Å². The molecular formula is C32H48N4O6. The lowest BCUT2D eigenvalue weighted by Crippen LogP contribution is -2.68. The Morgan fingerprint density at radius 2 is 1.76 bits per heavy atom. The maximum Gasteiger partial charge on any atom is 0.335 e. The molecule has 6 rings (SSSR count). The molecule has 0 spiro atoms. The van der Waals surface area contributed by atoms with Crippen LogP contribution in [-0.4, -0.2) is 89.0 Å². The Hall–Kier alpha value is -2.43. The predicted molar refractivity (Wildman–Crippen MR) is 157 cm³/mol. The fraction of sp³-hybridized carbons (Fsp3) is 0.781. The summed E-state index contributed by atoms with van der Waals surface area (Å²) in [6.45, 7) is 7.25. The molecule has 8 atom stereocenters. The van der Waals surface area contributed by atoms with Crippen LogP contribution in [0.2, 0.25) is 0 Å². The molecule has 4 N–H and O–H groups in total. The molecule has 0 aromatic carbocycles. The minimum Gasteiger partial charge on any atom is -0.431 e. The zero-order valence-corrected chi connectivity index (χ0v) is 25.4. The molecule has 0 unspecified atom stereocenters. The maximum absolute atomic E-state index is 12.8. The number of fused-ring (bicyclic) bond motifs is 5. The molecule has 4 saturated carbocycles. The van der Waals surface area contributed by atoms with Gasteiger partial charge in [0.2, 0.25) is 5.91 Å². The molecular weight excluding hydrogens is 536 g/mol. The summed E-state index contributed by atoms with van der Waals surface area (Å²) in [5.74, 6) is 0.531. The van der Waals surface area contributed by atoms with Crippen LogP contribution < -0.4 is 16.3 Å². The van der Waals surface area contributed by atoms with Gasteiger partial charge in [-0.2, -0.15) is 0 Å². The lowest BCUT2D eigenvalue weighted by Gasteiger charge is -2.66. The highest BCUT2D eigenvalue weighted by Crippen LogP contribution is 2.71. The minimum atomic E-state index is -0.901. The van der Waals surface area contributed by atoms with E-state index in [9.17, 15) is 24.6 Å². The van der Waals surface area contributed by atoms with Gasteiger partial charge in [0, 0.05) is 43.7 Å². The SMILES string of the molecule is CN1CCN(CCNC(=O)N[C@H]2CC[C@]3(C)[C@H]4CC[C@]5(C)[C@@H](c6ccc(=O)oc6)CC[C@]5(O)[C@@H]4CC[C@]3(O)C2)C(=O)C1. The van der Waals surface area contributed by atoms with Crippen molar-refractivity contribution in [3.63, 3.8) is 0 Å². The van der Waals surface area contributed by atoms with E-state index < -0.39 is 11.2 Å². The normalized spacial score (nSPS) is 41.9. The van der Waals surface area contributed by atoms with Gasteiger partial charge >= 0.3 is 11.7 Å². The number of urea groups is 1. The number of amides is 3. The number of likely N-dealkylation sites (N-methyl/N-ethyl adjacent to an activating group) is 1. The van der Waals surface area contributed by atoms with Crippen molar-refractivity contribution < 1.29 is 24.2 Å². The Balaban J connectivity index is 1.08. The number of nitrogens with zero attached hydrogens (tertiary/aromatic N) is 2. The summed E-state index contributed by atoms with van der Waals surface area (Å²) in [4.78, 5) is 40.3. The summed E-state index contributed by atoms with van der Waals surface area (Å²) >= 11 is 0. The summed E-state index contributed by atoms with van der Waals surface area (Å²) in [5, 5.41) is 30.6. The van der Waals surface area contributed by atoms with E-state index in [1.54, 1.807) is 11.2 Å². The number of nitrogens with one attached hydrogen (secondary N) is 2. The second-order valence-electron chi connectivity index (χ2n) is 14.5. The molecule has 2 heterocycles. The number of aliphatic hydroxyl groups is 2. The molecule has 1 saturated heterocycles. The third-order valence-electron chi connectivity index (χ3n) is 12.6. The smallest absolute Gasteiger partial charge is 0.335 e. The summed E-state index contributed by atoms with van der Waals surface area (Å²) in [6.07, 6.45) is 8.42. The monoisotopic (exact) mass is 584 g/mol. The number of hydrogen-bond donors (Lipinski definition) is 4. The van der Waals surface area contributed by atoms with Crippen molar-refractivity contribution >= 4 is 11.9 Å². The molecule has 5 aliphatic rings. The van der Waals surface area contributed by atoms with Gasteiger partial charge in [0.25, 0.3) is 0 Å². The van der Waals surface area contributed by atoms with E-state index in [2.05, 4.69) is 24.5 Å². The second kappa shape index (κ2) is 10.6. The zero-order valence-electron chi connectivity index (χ0n) is 25.4. The first-order chi connectivity index (χ1) is 19.9. The second-order valence-corrected chi connectivity index (χ2v) is 14.5. The van der Waals surface area contributed by atoms with Crippen molar-refractivity contribution in [1.29, 1.82) is 0 Å². The van der Waals surface area contributed by atoms with Gasteiger partial charge in [-0.25, -0.2) is 9.59 Å². The third-order valence-corrected chi connectivity index (χ3v) is 12.6. The molecule has 42 heavy (non-hydrogen) atoms. The molecule has 1 aromatic rings. The first-order valence-corrected chi connectivity index (χ1v) is 15.9. The van der Waals surface area contributed by atoms with Crippen molar-refractivity contribution in [2.24, 2.45) is 22.7 Å². The highest BCUT2D eigenvalue weighted by Gasteiger charge is 2.70. The van der Waals surface area contributed by atoms with Crippen LogP contribution in [0.4, 0.5) is 4.79 Å². The summed E-state index contributed by atoms with van der Waals surface area (Å²) < 4.78 is 5.21. The van der Waals surface area contributed by atoms with Crippen LogP contribution in [0.25, 0.3) is 0 Å². The lowest BCUT2D eigenvalue weighted by molar-refractivity contribution is -0.247. The molecule has 0 bridgehead atoms. The van der Waals surface area contributed by atoms with Crippen LogP contribution in [0.3, 0.4) is 0 Å². The molecule has 5 fully saturated rings. The van der Waals surface area contributed by atoms with Crippen LogP contribution >= 0.6 is 0 Å². The van der Waals surface area contributed by atoms with Gasteiger partial charge in [0.05, 0.1) is 24.0 Å². The van der Waals surface area contributed by atoms with Gasteiger partial charge in [-0.15, -0.1) is 0 Å². The van der Waals surface area contributed by atoms with Gasteiger partial charge in [-0.1, -0.05) is 13.8 Å². The van der Waals surface area contributed by atoms with E-state index in [4.69, 9.17) is 4.42 Å². The molecule has 1 aliphatic heterocycles. The van der Waals surface area contributed by atoms with E-state index in [1.807, 2.05) is 18.0 Å². The highest BCUT2D eigenvalue weighted by molar-refractivity contribution is 5.79. The molecule has 1 aromatic heterocycles. The molecule has 10 heteroatoms. The van der Waals surface area contributed by atoms with E-state index in [1.165, 1.54) is 6.07 Å². The minimum absolute atomic E-state index is 0.0876. The predicted octanol–water partition coefficient (Wildman–Crippen LogP) is 2.44. The quantitative estimate of drug-likeness (QED) is 0.418. The third kappa shape index (κ3) is 4.68. The first-order valence-electron chi connectivity index (χ1n) is 15.9. The van der Waals surface area contributed by atoms with Crippen LogP contribution in [0.5, 0.6) is 0 Å². The number of carbonyl (C=O) groups is 2. The first kappa shape index (κ1) is 29.6. The molecule has 3 amide bonds. The summed E-state index contributed by atoms with van der Waals surface area (Å²) in [6, 6.07) is 2.96. The average Bonchev–Trinajstić information content (AvgIpc) is 3.22. The number of rotatable bonds is 5. The van der Waals surface area contributed by atoms with Crippen LogP contribution in [-0.2, 0) is 4.79 Å². The van der Waals surface area contributed by atoms with Crippen molar-refractivity contribution in [3.05, 3.63) is 34.4 Å². The average molecular weight is 585 g/mol. The fourth-order valence-electron chi connectivity index (χ4n) is 10.1. The molecule has 4 aliphatic carbocycles. The van der Waals surface area contributed by atoms with Crippen LogP contribution in [0, 0.1) is 22.7 Å². The zero-order chi connectivity index (χ0) is 29.9. The van der Waals surface area contributed by atoms with Crippen molar-refractivity contribution in [2.75, 3.05) is 39.8 Å². The lowest BCUT2D eigenvalue weighted by atomic mass is 9.42. The number of piperazine rings is 1. The Morgan fingerprint density at radius 3 is 2.50 bits per heavy atom. The summed E-state index contributed by atoms with van der Waals surface area (Å²) in [7, 11) is 1.93. The van der Waals surface area contributed by atoms with Crippen molar-refractivity contribution in [1.82, 2.24) is 20.4 Å².